The molecule has 5 rings (SSSR count). The van der Waals surface area contributed by atoms with Gasteiger partial charge in [0, 0.05) is 43.2 Å². The fourth-order valence-corrected chi connectivity index (χ4v) is 6.45. The van der Waals surface area contributed by atoms with Crippen molar-refractivity contribution in [3.8, 4) is 22.8 Å². The van der Waals surface area contributed by atoms with Crippen molar-refractivity contribution in [1.29, 1.82) is 0 Å². The Morgan fingerprint density at radius 3 is 2.68 bits per heavy atom. The summed E-state index contributed by atoms with van der Waals surface area (Å²) >= 11 is 6.84. The van der Waals surface area contributed by atoms with Crippen LogP contribution in [0.2, 0.25) is 4.34 Å². The van der Waals surface area contributed by atoms with Crippen molar-refractivity contribution in [2.45, 2.75) is 4.21 Å². The van der Waals surface area contributed by atoms with Gasteiger partial charge in [-0.25, -0.2) is 18.4 Å². The summed E-state index contributed by atoms with van der Waals surface area (Å²) in [5, 5.41) is 0. The van der Waals surface area contributed by atoms with Crippen LogP contribution in [0.3, 0.4) is 0 Å². The summed E-state index contributed by atoms with van der Waals surface area (Å²) in [6.45, 7) is 4.07. The van der Waals surface area contributed by atoms with Gasteiger partial charge in [-0.05, 0) is 30.3 Å². The number of aromatic nitrogens is 3. The number of hydrogen-bond acceptors (Lipinski definition) is 10. The zero-order valence-corrected chi connectivity index (χ0v) is 22.7. The second-order valence-electron chi connectivity index (χ2n) is 8.32. The third-order valence-electron chi connectivity index (χ3n) is 5.87. The molecule has 0 unspecified atom stereocenters. The maximum absolute atomic E-state index is 13.1. The van der Waals surface area contributed by atoms with Gasteiger partial charge in [0.25, 0.3) is 15.6 Å². The maximum atomic E-state index is 13.1. The van der Waals surface area contributed by atoms with Crippen molar-refractivity contribution in [2.75, 3.05) is 51.3 Å². The Morgan fingerprint density at radius 1 is 1.13 bits per heavy atom. The number of hydrogen-bond donors (Lipinski definition) is 1. The van der Waals surface area contributed by atoms with E-state index in [1.807, 2.05) is 0 Å². The van der Waals surface area contributed by atoms with Gasteiger partial charge in [-0.15, -0.1) is 11.3 Å². The minimum atomic E-state index is -3.92. The molecule has 1 saturated heterocycles. The number of methoxy groups -OCH3 is 1. The fourth-order valence-electron chi connectivity index (χ4n) is 3.92. The summed E-state index contributed by atoms with van der Waals surface area (Å²) in [4.78, 5) is 23.9. The number of fused-ring (bicyclic) bond motifs is 1. The van der Waals surface area contributed by atoms with Crippen molar-refractivity contribution < 1.29 is 22.6 Å². The number of rotatable bonds is 9. The van der Waals surface area contributed by atoms with Gasteiger partial charge in [-0.2, -0.15) is 0 Å². The molecule has 1 N–H and O–H groups in total. The van der Waals surface area contributed by atoms with E-state index in [4.69, 9.17) is 25.8 Å². The Balaban J connectivity index is 1.41. The van der Waals surface area contributed by atoms with Crippen LogP contribution < -0.4 is 19.8 Å². The van der Waals surface area contributed by atoms with E-state index in [1.54, 1.807) is 24.4 Å². The molecule has 1 aliphatic heterocycles. The first-order valence-electron chi connectivity index (χ1n) is 11.6. The minimum Gasteiger partial charge on any atom is -0.485 e. The van der Waals surface area contributed by atoms with Gasteiger partial charge in [0.15, 0.2) is 0 Å². The van der Waals surface area contributed by atoms with Gasteiger partial charge in [0.1, 0.15) is 22.2 Å². The average Bonchev–Trinajstić information content (AvgIpc) is 3.37. The summed E-state index contributed by atoms with van der Waals surface area (Å²) in [5.41, 5.74) is 1.40. The maximum Gasteiger partial charge on any atom is 0.300 e. The Morgan fingerprint density at radius 2 is 1.95 bits per heavy atom. The van der Waals surface area contributed by atoms with E-state index in [0.717, 1.165) is 24.4 Å². The van der Waals surface area contributed by atoms with E-state index < -0.39 is 10.0 Å². The van der Waals surface area contributed by atoms with Crippen molar-refractivity contribution in [3.05, 3.63) is 63.6 Å². The predicted octanol–water partition coefficient (Wildman–Crippen LogP) is 2.99. The molecule has 0 radical (unpaired) electrons. The highest BCUT2D eigenvalue weighted by Crippen LogP contribution is 2.32. The lowest BCUT2D eigenvalue weighted by molar-refractivity contribution is 0.0321. The highest BCUT2D eigenvalue weighted by molar-refractivity contribution is 7.94. The van der Waals surface area contributed by atoms with E-state index in [-0.39, 0.29) is 27.1 Å². The summed E-state index contributed by atoms with van der Waals surface area (Å²) in [7, 11) is -2.52. The molecule has 38 heavy (non-hydrogen) atoms. The lowest BCUT2D eigenvalue weighted by atomic mass is 10.1. The van der Waals surface area contributed by atoms with Crippen LogP contribution in [-0.2, 0) is 14.8 Å². The molecular weight excluding hydrogens is 554 g/mol. The fraction of sp³-hybridized carbons (Fsp3) is 0.292. The van der Waals surface area contributed by atoms with Crippen molar-refractivity contribution in [1.82, 2.24) is 19.3 Å². The largest absolute Gasteiger partial charge is 0.485 e. The molecule has 0 saturated carbocycles. The topological polar surface area (TPSA) is 124 Å². The number of ether oxygens (including phenoxy) is 3. The number of thiophene rings is 1. The highest BCUT2D eigenvalue weighted by Gasteiger charge is 2.20. The first kappa shape index (κ1) is 26.4. The van der Waals surface area contributed by atoms with Crippen LogP contribution in [0.15, 0.2) is 57.9 Å². The molecule has 4 aromatic rings. The third kappa shape index (κ3) is 5.76. The lowest BCUT2D eigenvalue weighted by Crippen LogP contribution is -2.38. The van der Waals surface area contributed by atoms with Crippen molar-refractivity contribution >= 4 is 44.3 Å². The zero-order valence-electron chi connectivity index (χ0n) is 20.3. The lowest BCUT2D eigenvalue weighted by Gasteiger charge is -2.26. The quantitative estimate of drug-likeness (QED) is 0.319. The second kappa shape index (κ2) is 11.3. The summed E-state index contributed by atoms with van der Waals surface area (Å²) in [6, 6.07) is 7.97. The monoisotopic (exact) mass is 577 g/mol. The normalized spacial score (nSPS) is 14.5. The zero-order chi connectivity index (χ0) is 26.7. The van der Waals surface area contributed by atoms with Gasteiger partial charge in [-0.3, -0.25) is 18.8 Å². The van der Waals surface area contributed by atoms with Crippen LogP contribution >= 0.6 is 22.9 Å². The Labute approximate surface area is 227 Å². The first-order chi connectivity index (χ1) is 18.3. The molecule has 1 fully saturated rings. The van der Waals surface area contributed by atoms with E-state index in [0.29, 0.717) is 47.5 Å². The standard InChI is InChI=1S/C24H24ClN5O6S2/c1-34-23-18(28-38(32,33)22-5-3-20(25)37-22)12-17(13-27-23)16-2-4-21-26-14-19(24(31)30(21)15-16)36-11-8-29-6-9-35-10-7-29/h2-5,12-15,28H,6-11H2,1H3. The van der Waals surface area contributed by atoms with Gasteiger partial charge in [-0.1, -0.05) is 11.6 Å². The SMILES string of the molecule is COc1ncc(-c2ccc3ncc(OCCN4CCOCC4)c(=O)n3c2)cc1NS(=O)(=O)c1ccc(Cl)s1. The first-order valence-corrected chi connectivity index (χ1v) is 14.3. The molecule has 5 heterocycles. The molecule has 0 aromatic carbocycles. The van der Waals surface area contributed by atoms with Gasteiger partial charge < -0.3 is 14.2 Å². The van der Waals surface area contributed by atoms with Crippen molar-refractivity contribution in [2.24, 2.45) is 0 Å². The van der Waals surface area contributed by atoms with E-state index in [9.17, 15) is 13.2 Å². The number of pyridine rings is 2. The molecule has 0 atom stereocenters. The smallest absolute Gasteiger partial charge is 0.300 e. The third-order valence-corrected chi connectivity index (χ3v) is 8.96. The Kier molecular flexibility index (Phi) is 7.81. The molecule has 200 valence electrons. The van der Waals surface area contributed by atoms with Crippen LogP contribution in [0.1, 0.15) is 0 Å². The number of nitrogens with zero attached hydrogens (tertiary/aromatic N) is 4. The van der Waals surface area contributed by atoms with Crippen LogP contribution in [0.25, 0.3) is 16.8 Å². The summed E-state index contributed by atoms with van der Waals surface area (Å²) in [6.07, 6.45) is 4.57. The molecule has 0 bridgehead atoms. The number of anilines is 1. The molecule has 14 heteroatoms. The molecule has 0 amide bonds. The number of nitrogens with one attached hydrogen (secondary N) is 1. The predicted molar refractivity (Wildman–Crippen MR) is 144 cm³/mol. The molecule has 11 nitrogen and oxygen atoms in total. The van der Waals surface area contributed by atoms with Crippen LogP contribution in [0.5, 0.6) is 11.6 Å². The van der Waals surface area contributed by atoms with E-state index >= 15 is 0 Å². The Bertz CT molecular complexity index is 1620. The minimum absolute atomic E-state index is 0.0550. The molecular formula is C24H24ClN5O6S2. The Hall–Kier alpha value is -3.23. The number of sulfonamides is 1. The van der Waals surface area contributed by atoms with Crippen LogP contribution in [-0.4, -0.2) is 74.3 Å². The van der Waals surface area contributed by atoms with E-state index in [2.05, 4.69) is 19.6 Å². The van der Waals surface area contributed by atoms with Gasteiger partial charge >= 0.3 is 0 Å². The second-order valence-corrected chi connectivity index (χ2v) is 11.9. The molecule has 1 aliphatic rings. The van der Waals surface area contributed by atoms with Crippen molar-refractivity contribution in [3.63, 3.8) is 0 Å². The summed E-state index contributed by atoms with van der Waals surface area (Å²) in [5.74, 6) is 0.236. The van der Waals surface area contributed by atoms with Crippen LogP contribution in [0.4, 0.5) is 5.69 Å². The molecule has 4 aromatic heterocycles. The van der Waals surface area contributed by atoms with Gasteiger partial charge in [0.2, 0.25) is 11.6 Å². The average molecular weight is 578 g/mol. The highest BCUT2D eigenvalue weighted by atomic mass is 35.5. The summed E-state index contributed by atoms with van der Waals surface area (Å²) < 4.78 is 46.4. The van der Waals surface area contributed by atoms with Crippen LogP contribution in [0, 0.1) is 0 Å². The number of morpholine rings is 1. The molecule has 0 spiro atoms. The van der Waals surface area contributed by atoms with E-state index in [1.165, 1.54) is 36.0 Å². The van der Waals surface area contributed by atoms with Gasteiger partial charge in [0.05, 0.1) is 30.9 Å². The molecule has 0 aliphatic carbocycles. The number of halogens is 1.